The monoisotopic (exact) mass is 196 g/mol. The van der Waals surface area contributed by atoms with Crippen LogP contribution in [-0.2, 0) is 6.42 Å². The van der Waals surface area contributed by atoms with E-state index in [0.717, 1.165) is 18.4 Å². The van der Waals surface area contributed by atoms with E-state index in [0.29, 0.717) is 23.9 Å². The smallest absolute Gasteiger partial charge is 0.165 e. The molecule has 0 spiro atoms. The third-order valence-corrected chi connectivity index (χ3v) is 1.95. The first-order chi connectivity index (χ1) is 6.69. The fraction of sp³-hybridized carbons (Fsp3) is 0.375. The Morgan fingerprint density at radius 2 is 2.07 bits per heavy atom. The molecule has 1 aromatic rings. The number of aromatic nitrogens is 1. The van der Waals surface area contributed by atoms with Crippen molar-refractivity contribution in [1.82, 2.24) is 4.98 Å². The molecular formula is C8H16N6. The second kappa shape index (κ2) is 4.64. The summed E-state index contributed by atoms with van der Waals surface area (Å²) in [5, 5.41) is 0. The van der Waals surface area contributed by atoms with E-state index >= 15 is 0 Å². The Morgan fingerprint density at radius 1 is 1.36 bits per heavy atom. The molecule has 0 saturated heterocycles. The highest BCUT2D eigenvalue weighted by atomic mass is 15.3. The van der Waals surface area contributed by atoms with Crippen molar-refractivity contribution in [3.8, 4) is 0 Å². The Hall–Kier alpha value is -1.53. The number of nitrogen functional groups attached to an aromatic ring is 3. The quantitative estimate of drug-likeness (QED) is 0.324. The minimum Gasteiger partial charge on any atom is -0.395 e. The van der Waals surface area contributed by atoms with Crippen LogP contribution in [0.1, 0.15) is 12.0 Å². The highest BCUT2D eigenvalue weighted by Gasteiger charge is 2.06. The van der Waals surface area contributed by atoms with Gasteiger partial charge in [0.25, 0.3) is 0 Å². The number of hydrogen-bond donors (Lipinski definition) is 5. The van der Waals surface area contributed by atoms with Gasteiger partial charge in [0.15, 0.2) is 5.82 Å². The van der Waals surface area contributed by atoms with Crippen LogP contribution in [0.25, 0.3) is 0 Å². The minimum absolute atomic E-state index is 0.402. The third-order valence-electron chi connectivity index (χ3n) is 1.95. The molecule has 78 valence electrons. The Labute approximate surface area is 82.6 Å². The molecule has 1 aromatic heterocycles. The average molecular weight is 196 g/mol. The Bertz CT molecular complexity index is 311. The van der Waals surface area contributed by atoms with Gasteiger partial charge in [0.2, 0.25) is 0 Å². The maximum Gasteiger partial charge on any atom is 0.165 e. The summed E-state index contributed by atoms with van der Waals surface area (Å²) in [7, 11) is 0. The van der Waals surface area contributed by atoms with Crippen LogP contribution < -0.4 is 28.5 Å². The molecule has 0 atom stereocenters. The van der Waals surface area contributed by atoms with Crippen LogP contribution in [-0.4, -0.2) is 11.5 Å². The van der Waals surface area contributed by atoms with Gasteiger partial charge in [0, 0.05) is 0 Å². The van der Waals surface area contributed by atoms with Gasteiger partial charge < -0.3 is 22.6 Å². The summed E-state index contributed by atoms with van der Waals surface area (Å²) in [6.07, 6.45) is 1.64. The molecule has 0 aliphatic heterocycles. The fourth-order valence-corrected chi connectivity index (χ4v) is 1.24. The summed E-state index contributed by atoms with van der Waals surface area (Å²) >= 11 is 0. The number of nitrogens with one attached hydrogen (secondary N) is 1. The lowest BCUT2D eigenvalue weighted by Gasteiger charge is -2.10. The van der Waals surface area contributed by atoms with Crippen LogP contribution in [0.15, 0.2) is 6.07 Å². The summed E-state index contributed by atoms with van der Waals surface area (Å²) in [5.74, 6) is 6.06. The van der Waals surface area contributed by atoms with Crippen molar-refractivity contribution >= 4 is 17.3 Å². The second-order valence-electron chi connectivity index (χ2n) is 3.01. The molecule has 1 rings (SSSR count). The first kappa shape index (κ1) is 10.6. The molecule has 6 heteroatoms. The molecule has 1 heterocycles. The van der Waals surface area contributed by atoms with Crippen LogP contribution >= 0.6 is 0 Å². The van der Waals surface area contributed by atoms with Crippen LogP contribution in [0.3, 0.4) is 0 Å². The van der Waals surface area contributed by atoms with Gasteiger partial charge in [-0.05, 0) is 31.0 Å². The molecule has 0 amide bonds. The molecule has 0 aliphatic carbocycles. The number of nitrogens with two attached hydrogens (primary N) is 4. The van der Waals surface area contributed by atoms with Gasteiger partial charge in [-0.2, -0.15) is 0 Å². The van der Waals surface area contributed by atoms with Crippen LogP contribution in [0.4, 0.5) is 17.3 Å². The van der Waals surface area contributed by atoms with E-state index in [1.54, 1.807) is 6.07 Å². The molecule has 0 fully saturated rings. The van der Waals surface area contributed by atoms with Crippen molar-refractivity contribution in [2.75, 3.05) is 23.4 Å². The maximum atomic E-state index is 5.80. The lowest BCUT2D eigenvalue weighted by molar-refractivity contribution is 0.833. The molecule has 0 aliphatic rings. The van der Waals surface area contributed by atoms with E-state index in [1.165, 1.54) is 0 Å². The highest BCUT2D eigenvalue weighted by molar-refractivity contribution is 5.68. The van der Waals surface area contributed by atoms with Gasteiger partial charge in [-0.1, -0.05) is 0 Å². The van der Waals surface area contributed by atoms with E-state index in [-0.39, 0.29) is 0 Å². The summed E-state index contributed by atoms with van der Waals surface area (Å²) in [5.41, 5.74) is 20.7. The topological polar surface area (TPSA) is 129 Å². The molecule has 9 N–H and O–H groups in total. The first-order valence-corrected chi connectivity index (χ1v) is 4.40. The number of aryl methyl sites for hydroxylation is 1. The average Bonchev–Trinajstić information content (AvgIpc) is 2.18. The Morgan fingerprint density at radius 3 is 2.64 bits per heavy atom. The van der Waals surface area contributed by atoms with Crippen molar-refractivity contribution in [3.05, 3.63) is 11.6 Å². The van der Waals surface area contributed by atoms with Crippen molar-refractivity contribution in [3.63, 3.8) is 0 Å². The zero-order valence-electron chi connectivity index (χ0n) is 7.96. The summed E-state index contributed by atoms with van der Waals surface area (Å²) in [6.45, 7) is 0.618. The van der Waals surface area contributed by atoms with Gasteiger partial charge in [-0.3, -0.25) is 0 Å². The van der Waals surface area contributed by atoms with Crippen molar-refractivity contribution in [2.45, 2.75) is 12.8 Å². The van der Waals surface area contributed by atoms with E-state index in [2.05, 4.69) is 10.4 Å². The minimum atomic E-state index is 0.402. The SMILES string of the molecule is NCCCc1cc(N)nc(NN)c1N. The largest absolute Gasteiger partial charge is 0.395 e. The Kier molecular flexibility index (Phi) is 3.49. The fourth-order valence-electron chi connectivity index (χ4n) is 1.24. The van der Waals surface area contributed by atoms with E-state index in [9.17, 15) is 0 Å². The number of nitrogens with zero attached hydrogens (tertiary/aromatic N) is 1. The van der Waals surface area contributed by atoms with Gasteiger partial charge in [0.05, 0.1) is 5.69 Å². The lowest BCUT2D eigenvalue weighted by atomic mass is 10.1. The number of anilines is 3. The van der Waals surface area contributed by atoms with E-state index < -0.39 is 0 Å². The normalized spacial score (nSPS) is 10.1. The molecule has 0 bridgehead atoms. The second-order valence-corrected chi connectivity index (χ2v) is 3.01. The molecule has 6 nitrogen and oxygen atoms in total. The molecule has 0 saturated carbocycles. The van der Waals surface area contributed by atoms with Crippen molar-refractivity contribution in [2.24, 2.45) is 11.6 Å². The third kappa shape index (κ3) is 2.24. The Balaban J connectivity index is 2.96. The molecule has 0 radical (unpaired) electrons. The number of hydrazine groups is 1. The standard InChI is InChI=1S/C8H16N6/c9-3-1-2-5-4-6(10)13-8(14-12)7(5)11/h4H,1-3,9,11-12H2,(H3,10,13,14). The molecule has 14 heavy (non-hydrogen) atoms. The van der Waals surface area contributed by atoms with Gasteiger partial charge in [-0.25, -0.2) is 10.8 Å². The number of hydrogen-bond acceptors (Lipinski definition) is 6. The van der Waals surface area contributed by atoms with Crippen LogP contribution in [0, 0.1) is 0 Å². The first-order valence-electron chi connectivity index (χ1n) is 4.40. The summed E-state index contributed by atoms with van der Waals surface area (Å²) in [4.78, 5) is 3.95. The van der Waals surface area contributed by atoms with Crippen LogP contribution in [0.2, 0.25) is 0 Å². The zero-order valence-corrected chi connectivity index (χ0v) is 7.96. The van der Waals surface area contributed by atoms with Gasteiger partial charge >= 0.3 is 0 Å². The predicted molar refractivity (Wildman–Crippen MR) is 58.2 cm³/mol. The molecule has 0 unspecified atom stereocenters. The lowest BCUT2D eigenvalue weighted by Crippen LogP contribution is -2.14. The highest BCUT2D eigenvalue weighted by Crippen LogP contribution is 2.23. The predicted octanol–water partition coefficient (Wildman–Crippen LogP) is -0.577. The van der Waals surface area contributed by atoms with Crippen molar-refractivity contribution in [1.29, 1.82) is 0 Å². The van der Waals surface area contributed by atoms with Gasteiger partial charge in [-0.15, -0.1) is 0 Å². The maximum absolute atomic E-state index is 5.80. The summed E-state index contributed by atoms with van der Waals surface area (Å²) in [6, 6.07) is 1.74. The van der Waals surface area contributed by atoms with Crippen LogP contribution in [0.5, 0.6) is 0 Å². The zero-order chi connectivity index (χ0) is 10.6. The molecule has 0 aromatic carbocycles. The summed E-state index contributed by atoms with van der Waals surface area (Å²) < 4.78 is 0. The van der Waals surface area contributed by atoms with Crippen molar-refractivity contribution < 1.29 is 0 Å². The van der Waals surface area contributed by atoms with E-state index in [4.69, 9.17) is 23.0 Å². The number of rotatable bonds is 4. The van der Waals surface area contributed by atoms with E-state index in [1.807, 2.05) is 0 Å². The van der Waals surface area contributed by atoms with Gasteiger partial charge in [0.1, 0.15) is 5.82 Å². The number of pyridine rings is 1. The molecular weight excluding hydrogens is 180 g/mol.